The lowest BCUT2D eigenvalue weighted by Crippen LogP contribution is -2.29. The minimum absolute atomic E-state index is 0.00319. The zero-order valence-corrected chi connectivity index (χ0v) is 25.4. The quantitative estimate of drug-likeness (QED) is 0.0622. The van der Waals surface area contributed by atoms with Crippen LogP contribution in [0.1, 0.15) is 59.2 Å². The minimum atomic E-state index is -1.10. The van der Waals surface area contributed by atoms with E-state index in [1.165, 1.54) is 18.1 Å². The Morgan fingerprint density at radius 3 is 2.63 bits per heavy atom. The first kappa shape index (κ1) is 31.3. The highest BCUT2D eigenvalue weighted by Crippen LogP contribution is 2.45. The maximum atomic E-state index is 13.7. The molecule has 3 aromatic rings. The van der Waals surface area contributed by atoms with Crippen molar-refractivity contribution in [2.24, 2.45) is 0 Å². The van der Waals surface area contributed by atoms with Crippen molar-refractivity contribution in [1.29, 1.82) is 0 Å². The minimum Gasteiger partial charge on any atom is -0.507 e. The molecule has 0 bridgehead atoms. The number of esters is 1. The van der Waals surface area contributed by atoms with Gasteiger partial charge in [0.05, 0.1) is 37.6 Å². The molecule has 1 amide bonds. The molecule has 0 spiro atoms. The van der Waals surface area contributed by atoms with Gasteiger partial charge in [-0.3, -0.25) is 14.5 Å². The van der Waals surface area contributed by atoms with Gasteiger partial charge < -0.3 is 24.1 Å². The Bertz CT molecular complexity index is 1560. The van der Waals surface area contributed by atoms with Crippen molar-refractivity contribution in [3.8, 4) is 17.2 Å². The molecule has 1 fully saturated rings. The Labute approximate surface area is 254 Å². The van der Waals surface area contributed by atoms with Gasteiger partial charge in [0.25, 0.3) is 5.78 Å². The average Bonchev–Trinajstić information content (AvgIpc) is 3.52. The number of ether oxygens (including phenoxy) is 4. The molecule has 11 heteroatoms. The van der Waals surface area contributed by atoms with Gasteiger partial charge in [-0.05, 0) is 50.1 Å². The molecule has 226 valence electrons. The summed E-state index contributed by atoms with van der Waals surface area (Å²) < 4.78 is 22.2. The second-order valence-corrected chi connectivity index (χ2v) is 10.5. The molecule has 4 rings (SSSR count). The molecule has 2 aromatic carbocycles. The van der Waals surface area contributed by atoms with Crippen LogP contribution in [-0.2, 0) is 14.3 Å². The van der Waals surface area contributed by atoms with E-state index >= 15 is 0 Å². The highest BCUT2D eigenvalue weighted by atomic mass is 32.1. The van der Waals surface area contributed by atoms with Crippen molar-refractivity contribution in [3.63, 3.8) is 0 Å². The largest absolute Gasteiger partial charge is 0.507 e. The number of hydrogen-bond acceptors (Lipinski definition) is 10. The Balaban J connectivity index is 1.88. The molecule has 0 radical (unpaired) electrons. The van der Waals surface area contributed by atoms with Crippen LogP contribution < -0.4 is 19.1 Å². The summed E-state index contributed by atoms with van der Waals surface area (Å²) in [5, 5.41) is 11.7. The average molecular weight is 607 g/mol. The summed E-state index contributed by atoms with van der Waals surface area (Å²) in [6.45, 7) is 9.95. The van der Waals surface area contributed by atoms with E-state index < -0.39 is 23.7 Å². The van der Waals surface area contributed by atoms with Gasteiger partial charge in [-0.15, -0.1) is 0 Å². The number of aromatic nitrogens is 1. The molecule has 1 unspecified atom stereocenters. The van der Waals surface area contributed by atoms with Crippen molar-refractivity contribution in [2.45, 2.75) is 39.7 Å². The monoisotopic (exact) mass is 606 g/mol. The van der Waals surface area contributed by atoms with Gasteiger partial charge >= 0.3 is 11.9 Å². The number of rotatable bonds is 13. The van der Waals surface area contributed by atoms with Crippen molar-refractivity contribution in [1.82, 2.24) is 4.98 Å². The van der Waals surface area contributed by atoms with Gasteiger partial charge in [0.2, 0.25) is 0 Å². The summed E-state index contributed by atoms with van der Waals surface area (Å²) in [5.74, 6) is -1.45. The van der Waals surface area contributed by atoms with Crippen LogP contribution in [-0.4, -0.2) is 54.7 Å². The highest BCUT2D eigenvalue weighted by molar-refractivity contribution is 7.17. The number of aryl methyl sites for hydroxylation is 1. The maximum absolute atomic E-state index is 13.7. The number of methoxy groups -OCH3 is 1. The molecule has 1 aliphatic heterocycles. The number of benzene rings is 2. The topological polar surface area (TPSA) is 124 Å². The van der Waals surface area contributed by atoms with Gasteiger partial charge in [-0.1, -0.05) is 55.5 Å². The second-order valence-electron chi connectivity index (χ2n) is 9.54. The van der Waals surface area contributed by atoms with Gasteiger partial charge in [0.15, 0.2) is 16.6 Å². The van der Waals surface area contributed by atoms with Crippen LogP contribution >= 0.6 is 11.3 Å². The van der Waals surface area contributed by atoms with E-state index in [2.05, 4.69) is 18.5 Å². The normalized spacial score (nSPS) is 15.8. The zero-order valence-electron chi connectivity index (χ0n) is 24.5. The van der Waals surface area contributed by atoms with E-state index in [4.69, 9.17) is 18.9 Å². The van der Waals surface area contributed by atoms with Gasteiger partial charge in [0, 0.05) is 5.56 Å². The first-order chi connectivity index (χ1) is 20.7. The number of carbonyl (C=O) groups excluding carboxylic acids is 3. The van der Waals surface area contributed by atoms with Gasteiger partial charge in [0.1, 0.15) is 23.0 Å². The Morgan fingerprint density at radius 1 is 1.14 bits per heavy atom. The van der Waals surface area contributed by atoms with E-state index in [-0.39, 0.29) is 27.9 Å². The van der Waals surface area contributed by atoms with E-state index in [1.807, 2.05) is 6.92 Å². The second kappa shape index (κ2) is 14.0. The molecule has 0 saturated carbocycles. The molecule has 1 saturated heterocycles. The van der Waals surface area contributed by atoms with Crippen molar-refractivity contribution in [2.75, 3.05) is 31.8 Å². The number of thiazole rings is 1. The van der Waals surface area contributed by atoms with Crippen LogP contribution in [0.2, 0.25) is 0 Å². The first-order valence-corrected chi connectivity index (χ1v) is 14.7. The third-order valence-corrected chi connectivity index (χ3v) is 7.77. The lowest BCUT2D eigenvalue weighted by molar-refractivity contribution is -0.132. The zero-order chi connectivity index (χ0) is 31.1. The predicted molar refractivity (Wildman–Crippen MR) is 163 cm³/mol. The predicted octanol–water partition coefficient (Wildman–Crippen LogP) is 6.01. The Hall–Kier alpha value is -4.64. The first-order valence-electron chi connectivity index (χ1n) is 13.9. The fourth-order valence-corrected chi connectivity index (χ4v) is 5.56. The summed E-state index contributed by atoms with van der Waals surface area (Å²) in [7, 11) is 1.48. The molecular formula is C32H34N2O8S. The van der Waals surface area contributed by atoms with E-state index in [0.717, 1.165) is 24.2 Å². The van der Waals surface area contributed by atoms with Gasteiger partial charge in [-0.2, -0.15) is 0 Å². The SMILES string of the molecule is C=CCOC(=O)c1sc(N2C(=O)C(=O)C(=C(O)c3cccc(OCCCC)c3)C2c2ccc(OCC)c(OC)c2)nc1C. The lowest BCUT2D eigenvalue weighted by atomic mass is 9.95. The number of ketones is 1. The van der Waals surface area contributed by atoms with E-state index in [1.54, 1.807) is 49.4 Å². The third kappa shape index (κ3) is 6.56. The van der Waals surface area contributed by atoms with Crippen LogP contribution in [0, 0.1) is 6.92 Å². The van der Waals surface area contributed by atoms with E-state index in [9.17, 15) is 19.5 Å². The molecule has 1 atom stereocenters. The Kier molecular flexibility index (Phi) is 10.2. The number of unbranched alkanes of at least 4 members (excludes halogenated alkanes) is 1. The smallest absolute Gasteiger partial charge is 0.350 e. The van der Waals surface area contributed by atoms with Crippen LogP contribution in [0.15, 0.2) is 60.7 Å². The van der Waals surface area contributed by atoms with E-state index in [0.29, 0.717) is 47.3 Å². The molecule has 2 heterocycles. The molecule has 43 heavy (non-hydrogen) atoms. The molecule has 1 aromatic heterocycles. The number of hydrogen-bond donors (Lipinski definition) is 1. The number of amides is 1. The summed E-state index contributed by atoms with van der Waals surface area (Å²) in [4.78, 5) is 45.8. The number of aliphatic hydroxyl groups excluding tert-OH is 1. The summed E-state index contributed by atoms with van der Waals surface area (Å²) in [6, 6.07) is 10.6. The van der Waals surface area contributed by atoms with Crippen molar-refractivity contribution >= 4 is 39.9 Å². The maximum Gasteiger partial charge on any atom is 0.350 e. The summed E-state index contributed by atoms with van der Waals surface area (Å²) in [6.07, 6.45) is 3.26. The number of carbonyl (C=O) groups is 3. The van der Waals surface area contributed by atoms with Crippen molar-refractivity contribution < 1.29 is 38.4 Å². The highest BCUT2D eigenvalue weighted by Gasteiger charge is 2.48. The number of nitrogens with zero attached hydrogens (tertiary/aromatic N) is 2. The molecule has 10 nitrogen and oxygen atoms in total. The molecular weight excluding hydrogens is 572 g/mol. The Morgan fingerprint density at radius 2 is 1.93 bits per heavy atom. The number of Topliss-reactive ketones (excluding diaryl/α,β-unsaturated/α-hetero) is 1. The van der Waals surface area contributed by atoms with Gasteiger partial charge in [-0.25, -0.2) is 9.78 Å². The molecule has 0 aliphatic carbocycles. The summed E-state index contributed by atoms with van der Waals surface area (Å²) >= 11 is 0.917. The fraction of sp³-hybridized carbons (Fsp3) is 0.312. The standard InChI is InChI=1S/C32H34N2O8S/c1-6-9-16-41-22-12-10-11-21(17-22)27(35)25-26(20-13-14-23(40-8-3)24(18-20)39-5)34(30(37)28(25)36)32-33-19(4)29(43-32)31(38)42-15-7-2/h7,10-14,17-18,26,35H,2,6,8-9,15-16H2,1,3-5H3. The van der Waals surface area contributed by atoms with Crippen LogP contribution in [0.4, 0.5) is 5.13 Å². The lowest BCUT2D eigenvalue weighted by Gasteiger charge is -2.24. The third-order valence-electron chi connectivity index (χ3n) is 6.63. The summed E-state index contributed by atoms with van der Waals surface area (Å²) in [5.41, 5.74) is 0.945. The number of aliphatic hydroxyl groups is 1. The molecule has 1 aliphatic rings. The van der Waals surface area contributed by atoms with Crippen LogP contribution in [0.25, 0.3) is 5.76 Å². The van der Waals surface area contributed by atoms with Crippen molar-refractivity contribution in [3.05, 3.63) is 82.4 Å². The van der Waals surface area contributed by atoms with Crippen LogP contribution in [0.5, 0.6) is 17.2 Å². The molecule has 1 N–H and O–H groups in total. The fourth-order valence-electron chi connectivity index (χ4n) is 4.57. The van der Waals surface area contributed by atoms with Crippen LogP contribution in [0.3, 0.4) is 0 Å². The number of anilines is 1.